The van der Waals surface area contributed by atoms with Crippen molar-refractivity contribution in [2.45, 2.75) is 31.7 Å². The van der Waals surface area contributed by atoms with Gasteiger partial charge in [-0.15, -0.1) is 0 Å². The number of amides is 1. The second-order valence-electron chi connectivity index (χ2n) is 8.22. The van der Waals surface area contributed by atoms with Crippen LogP contribution in [0, 0.1) is 0 Å². The van der Waals surface area contributed by atoms with E-state index in [9.17, 15) is 4.79 Å². The molecule has 148 valence electrons. The van der Waals surface area contributed by atoms with Gasteiger partial charge in [0.25, 0.3) is 5.91 Å². The molecule has 1 aromatic carbocycles. The van der Waals surface area contributed by atoms with Crippen LogP contribution in [0.4, 0.5) is 5.69 Å². The predicted octanol–water partition coefficient (Wildman–Crippen LogP) is 2.55. The maximum Gasteiger partial charge on any atom is 0.253 e. The number of benzene rings is 1. The molecule has 0 radical (unpaired) electrons. The Morgan fingerprint density at radius 2 is 2.11 bits per heavy atom. The van der Waals surface area contributed by atoms with Gasteiger partial charge in [-0.2, -0.15) is 0 Å². The second kappa shape index (κ2) is 7.87. The number of hydrogen-bond donors (Lipinski definition) is 0. The van der Waals surface area contributed by atoms with Gasteiger partial charge in [-0.25, -0.2) is 9.97 Å². The van der Waals surface area contributed by atoms with Gasteiger partial charge in [0.15, 0.2) is 0 Å². The highest BCUT2D eigenvalue weighted by Gasteiger charge is 2.28. The van der Waals surface area contributed by atoms with E-state index in [2.05, 4.69) is 16.9 Å². The monoisotopic (exact) mass is 379 g/mol. The average molecular weight is 380 g/mol. The summed E-state index contributed by atoms with van der Waals surface area (Å²) in [5.41, 5.74) is 4.22. The molecule has 0 saturated carbocycles. The van der Waals surface area contributed by atoms with E-state index in [4.69, 9.17) is 4.98 Å². The highest BCUT2D eigenvalue weighted by atomic mass is 16.2. The molecule has 6 nitrogen and oxygen atoms in total. The molecule has 1 fully saturated rings. The Morgan fingerprint density at radius 3 is 2.93 bits per heavy atom. The molecule has 0 spiro atoms. The van der Waals surface area contributed by atoms with Gasteiger partial charge in [-0.1, -0.05) is 6.07 Å². The molecule has 4 rings (SSSR count). The van der Waals surface area contributed by atoms with E-state index in [0.29, 0.717) is 6.54 Å². The van der Waals surface area contributed by atoms with Crippen LogP contribution in [0.15, 0.2) is 30.5 Å². The van der Waals surface area contributed by atoms with E-state index in [1.54, 1.807) is 0 Å². The molecular weight excluding hydrogens is 350 g/mol. The molecule has 3 heterocycles. The second-order valence-corrected chi connectivity index (χ2v) is 8.22. The number of likely N-dealkylation sites (tertiary alicyclic amines) is 1. The molecule has 1 unspecified atom stereocenters. The minimum Gasteiger partial charge on any atom is -0.378 e. The van der Waals surface area contributed by atoms with Gasteiger partial charge in [-0.3, -0.25) is 4.79 Å². The summed E-state index contributed by atoms with van der Waals surface area (Å²) in [7, 11) is 6.12. The van der Waals surface area contributed by atoms with Crippen LogP contribution < -0.4 is 4.90 Å². The Morgan fingerprint density at radius 1 is 1.25 bits per heavy atom. The summed E-state index contributed by atoms with van der Waals surface area (Å²) in [6, 6.07) is 7.85. The summed E-state index contributed by atoms with van der Waals surface area (Å²) in [5.74, 6) is 1.23. The van der Waals surface area contributed by atoms with Crippen molar-refractivity contribution in [2.75, 3.05) is 45.7 Å². The number of hydrogen-bond acceptors (Lipinski definition) is 5. The molecule has 2 aliphatic heterocycles. The first-order valence-electron chi connectivity index (χ1n) is 10.1. The Balaban J connectivity index is 1.50. The molecule has 2 aliphatic rings. The van der Waals surface area contributed by atoms with Crippen LogP contribution in [0.3, 0.4) is 0 Å². The third-order valence-corrected chi connectivity index (χ3v) is 5.83. The molecule has 1 aromatic heterocycles. The van der Waals surface area contributed by atoms with Crippen LogP contribution in [-0.4, -0.2) is 66.5 Å². The van der Waals surface area contributed by atoms with Gasteiger partial charge < -0.3 is 14.7 Å². The number of carbonyl (C=O) groups excluding carboxylic acids is 1. The molecule has 6 heteroatoms. The fourth-order valence-corrected chi connectivity index (χ4v) is 4.14. The smallest absolute Gasteiger partial charge is 0.253 e. The average Bonchev–Trinajstić information content (AvgIpc) is 2.73. The van der Waals surface area contributed by atoms with E-state index in [1.165, 1.54) is 11.3 Å². The minimum absolute atomic E-state index is 0.105. The van der Waals surface area contributed by atoms with Gasteiger partial charge in [-0.05, 0) is 38.1 Å². The van der Waals surface area contributed by atoms with Crippen molar-refractivity contribution in [3.05, 3.63) is 53.1 Å². The molecule has 1 saturated heterocycles. The minimum atomic E-state index is 0.105. The van der Waals surface area contributed by atoms with Crippen LogP contribution in [0.2, 0.25) is 0 Å². The lowest BCUT2D eigenvalue weighted by atomic mass is 9.95. The Hall–Kier alpha value is -2.47. The molecule has 1 amide bonds. The van der Waals surface area contributed by atoms with Gasteiger partial charge >= 0.3 is 0 Å². The highest BCUT2D eigenvalue weighted by molar-refractivity contribution is 5.95. The molecule has 28 heavy (non-hydrogen) atoms. The summed E-state index contributed by atoms with van der Waals surface area (Å²) in [6.45, 7) is 3.47. The third kappa shape index (κ3) is 3.87. The van der Waals surface area contributed by atoms with Gasteiger partial charge in [0.1, 0.15) is 5.82 Å². The van der Waals surface area contributed by atoms with Crippen LogP contribution >= 0.6 is 0 Å². The summed E-state index contributed by atoms with van der Waals surface area (Å²) in [4.78, 5) is 28.9. The standard InChI is InChI=1S/C22H29N5O/c1-25(2)19-8-4-6-16(12-19)22(28)27-10-5-7-17(15-27)21-23-13-18-14-26(3)11-9-20(18)24-21/h4,6,8,12-13,17H,5,7,9-11,14-15H2,1-3H3. The SMILES string of the molecule is CN1CCc2nc(C3CCCN(C(=O)c4cccc(N(C)C)c4)C3)ncc2C1. The Kier molecular flexibility index (Phi) is 5.31. The number of rotatable bonds is 3. The van der Waals surface area contributed by atoms with Crippen molar-refractivity contribution in [2.24, 2.45) is 0 Å². The normalized spacial score (nSPS) is 20.0. The van der Waals surface area contributed by atoms with Crippen molar-refractivity contribution in [1.82, 2.24) is 19.8 Å². The first-order valence-corrected chi connectivity index (χ1v) is 10.1. The van der Waals surface area contributed by atoms with Gasteiger partial charge in [0.05, 0.1) is 0 Å². The van der Waals surface area contributed by atoms with E-state index < -0.39 is 0 Å². The van der Waals surface area contributed by atoms with Crippen molar-refractivity contribution in [1.29, 1.82) is 0 Å². The zero-order valence-corrected chi connectivity index (χ0v) is 17.1. The number of aromatic nitrogens is 2. The predicted molar refractivity (Wildman–Crippen MR) is 111 cm³/mol. The molecule has 0 bridgehead atoms. The third-order valence-electron chi connectivity index (χ3n) is 5.83. The number of likely N-dealkylation sites (N-methyl/N-ethyl adjacent to an activating group) is 1. The maximum atomic E-state index is 13.1. The Bertz CT molecular complexity index is 866. The van der Waals surface area contributed by atoms with Crippen molar-refractivity contribution >= 4 is 11.6 Å². The lowest BCUT2D eigenvalue weighted by molar-refractivity contribution is 0.0704. The molecule has 0 aliphatic carbocycles. The summed E-state index contributed by atoms with van der Waals surface area (Å²) in [6.07, 6.45) is 5.01. The lowest BCUT2D eigenvalue weighted by Crippen LogP contribution is -2.39. The molecular formula is C22H29N5O. The first-order chi connectivity index (χ1) is 13.5. The summed E-state index contributed by atoms with van der Waals surface area (Å²) >= 11 is 0. The topological polar surface area (TPSA) is 52.6 Å². The lowest BCUT2D eigenvalue weighted by Gasteiger charge is -2.33. The van der Waals surface area contributed by atoms with E-state index >= 15 is 0 Å². The van der Waals surface area contributed by atoms with E-state index in [1.807, 2.05) is 54.4 Å². The number of piperidine rings is 1. The quantitative estimate of drug-likeness (QED) is 0.820. The van der Waals surface area contributed by atoms with Crippen molar-refractivity contribution in [3.8, 4) is 0 Å². The van der Waals surface area contributed by atoms with Crippen molar-refractivity contribution in [3.63, 3.8) is 0 Å². The van der Waals surface area contributed by atoms with Crippen molar-refractivity contribution < 1.29 is 4.79 Å². The molecule has 0 N–H and O–H groups in total. The van der Waals surface area contributed by atoms with Crippen LogP contribution in [0.25, 0.3) is 0 Å². The molecule has 1 atom stereocenters. The van der Waals surface area contributed by atoms with E-state index in [-0.39, 0.29) is 11.8 Å². The van der Waals surface area contributed by atoms with Gasteiger partial charge in [0.2, 0.25) is 0 Å². The number of fused-ring (bicyclic) bond motifs is 1. The number of carbonyl (C=O) groups is 1. The number of anilines is 1. The number of nitrogens with zero attached hydrogens (tertiary/aromatic N) is 5. The maximum absolute atomic E-state index is 13.1. The Labute approximate surface area is 167 Å². The van der Waals surface area contributed by atoms with Crippen LogP contribution in [0.5, 0.6) is 0 Å². The van der Waals surface area contributed by atoms with Crippen LogP contribution in [0.1, 0.15) is 46.2 Å². The zero-order valence-electron chi connectivity index (χ0n) is 17.1. The fraction of sp³-hybridized carbons (Fsp3) is 0.500. The molecule has 2 aromatic rings. The first kappa shape index (κ1) is 18.9. The van der Waals surface area contributed by atoms with Gasteiger partial charge in [0, 0.05) is 81.3 Å². The zero-order chi connectivity index (χ0) is 19.7. The summed E-state index contributed by atoms with van der Waals surface area (Å²) < 4.78 is 0. The summed E-state index contributed by atoms with van der Waals surface area (Å²) in [5, 5.41) is 0. The van der Waals surface area contributed by atoms with E-state index in [0.717, 1.165) is 56.0 Å². The largest absolute Gasteiger partial charge is 0.378 e. The highest BCUT2D eigenvalue weighted by Crippen LogP contribution is 2.27. The van der Waals surface area contributed by atoms with Crippen LogP contribution in [-0.2, 0) is 13.0 Å². The fourth-order valence-electron chi connectivity index (χ4n) is 4.14.